The molecule has 0 aliphatic carbocycles. The van der Waals surface area contributed by atoms with Crippen LogP contribution in [0.4, 0.5) is 0 Å². The van der Waals surface area contributed by atoms with E-state index in [0.717, 1.165) is 19.3 Å². The number of pyridine rings is 1. The Bertz CT molecular complexity index is 1020. The summed E-state index contributed by atoms with van der Waals surface area (Å²) in [4.78, 5) is 17.4. The Hall–Kier alpha value is -2.28. The fraction of sp³-hybridized carbons (Fsp3) is 0.364. The van der Waals surface area contributed by atoms with E-state index >= 15 is 0 Å². The van der Waals surface area contributed by atoms with Crippen molar-refractivity contribution in [3.05, 3.63) is 63.5 Å². The number of aryl methyl sites for hydroxylation is 1. The number of benzene rings is 1. The number of ether oxygens (including phenoxy) is 1. The third-order valence-corrected chi connectivity index (χ3v) is 5.61. The van der Waals surface area contributed by atoms with E-state index in [0.29, 0.717) is 38.4 Å². The maximum absolute atomic E-state index is 12.9. The molecule has 2 N–H and O–H groups in total. The van der Waals surface area contributed by atoms with Crippen LogP contribution in [0.2, 0.25) is 10.0 Å². The second kappa shape index (κ2) is 10.2. The standard InChI is InChI=1S/C22H25Cl2N3O3/c1-3-4-7-15(12-28)26-22(29)20-14(2)25-21-19(10-6-11-27(20)21)30-13-16-17(23)8-5-9-18(16)24/h5-6,8-11,15,28H,3-4,7,12-13H2,1-2H3,(H,26,29). The van der Waals surface area contributed by atoms with Gasteiger partial charge in [-0.3, -0.25) is 9.20 Å². The maximum Gasteiger partial charge on any atom is 0.270 e. The van der Waals surface area contributed by atoms with Crippen molar-refractivity contribution in [1.29, 1.82) is 0 Å². The fourth-order valence-electron chi connectivity index (χ4n) is 3.28. The van der Waals surface area contributed by atoms with Crippen LogP contribution in [0.3, 0.4) is 0 Å². The lowest BCUT2D eigenvalue weighted by Gasteiger charge is -2.16. The molecule has 1 unspecified atom stereocenters. The molecule has 160 valence electrons. The number of aromatic nitrogens is 2. The van der Waals surface area contributed by atoms with Crippen molar-refractivity contribution in [3.8, 4) is 5.75 Å². The first-order valence-electron chi connectivity index (χ1n) is 9.91. The number of carbonyl (C=O) groups excluding carboxylic acids is 1. The monoisotopic (exact) mass is 449 g/mol. The van der Waals surface area contributed by atoms with E-state index in [1.807, 2.05) is 0 Å². The van der Waals surface area contributed by atoms with Crippen LogP contribution in [0, 0.1) is 6.92 Å². The van der Waals surface area contributed by atoms with Crippen molar-refractivity contribution < 1.29 is 14.6 Å². The second-order valence-electron chi connectivity index (χ2n) is 7.10. The molecule has 2 aromatic heterocycles. The topological polar surface area (TPSA) is 75.9 Å². The van der Waals surface area contributed by atoms with E-state index in [1.54, 1.807) is 47.9 Å². The van der Waals surface area contributed by atoms with Crippen LogP contribution >= 0.6 is 23.2 Å². The number of amides is 1. The number of halogens is 2. The van der Waals surface area contributed by atoms with Gasteiger partial charge in [0.25, 0.3) is 5.91 Å². The molecule has 30 heavy (non-hydrogen) atoms. The van der Waals surface area contributed by atoms with Gasteiger partial charge in [-0.15, -0.1) is 0 Å². The van der Waals surface area contributed by atoms with Crippen molar-refractivity contribution in [2.24, 2.45) is 0 Å². The van der Waals surface area contributed by atoms with Gasteiger partial charge in [0.2, 0.25) is 0 Å². The number of carbonyl (C=O) groups is 1. The van der Waals surface area contributed by atoms with E-state index in [1.165, 1.54) is 0 Å². The fourth-order valence-corrected chi connectivity index (χ4v) is 3.78. The van der Waals surface area contributed by atoms with Crippen LogP contribution in [0.15, 0.2) is 36.5 Å². The van der Waals surface area contributed by atoms with E-state index < -0.39 is 0 Å². The molecule has 0 aliphatic rings. The van der Waals surface area contributed by atoms with Crippen LogP contribution < -0.4 is 10.1 Å². The molecule has 0 radical (unpaired) electrons. The van der Waals surface area contributed by atoms with Gasteiger partial charge in [-0.2, -0.15) is 0 Å². The first-order chi connectivity index (χ1) is 14.5. The van der Waals surface area contributed by atoms with Gasteiger partial charge >= 0.3 is 0 Å². The first kappa shape index (κ1) is 22.4. The van der Waals surface area contributed by atoms with Crippen molar-refractivity contribution in [2.45, 2.75) is 45.8 Å². The Kier molecular flexibility index (Phi) is 7.58. The molecular formula is C22H25Cl2N3O3. The van der Waals surface area contributed by atoms with Crippen LogP contribution in [0.25, 0.3) is 5.65 Å². The Morgan fingerprint density at radius 3 is 2.67 bits per heavy atom. The highest BCUT2D eigenvalue weighted by Crippen LogP contribution is 2.28. The molecule has 1 amide bonds. The minimum atomic E-state index is -0.288. The molecule has 0 fully saturated rings. The lowest BCUT2D eigenvalue weighted by atomic mass is 10.1. The number of imidazole rings is 1. The summed E-state index contributed by atoms with van der Waals surface area (Å²) in [6.45, 7) is 3.92. The number of rotatable bonds is 9. The minimum absolute atomic E-state index is 0.103. The molecule has 0 aliphatic heterocycles. The van der Waals surface area contributed by atoms with Crippen LogP contribution in [-0.2, 0) is 6.61 Å². The molecule has 3 aromatic rings. The van der Waals surface area contributed by atoms with Crippen LogP contribution in [0.1, 0.15) is 47.9 Å². The molecule has 0 saturated carbocycles. The Morgan fingerprint density at radius 1 is 1.27 bits per heavy atom. The van der Waals surface area contributed by atoms with Crippen molar-refractivity contribution in [3.63, 3.8) is 0 Å². The minimum Gasteiger partial charge on any atom is -0.485 e. The normalized spacial score (nSPS) is 12.2. The summed E-state index contributed by atoms with van der Waals surface area (Å²) in [5.74, 6) is 0.238. The van der Waals surface area contributed by atoms with Crippen molar-refractivity contribution >= 4 is 34.8 Å². The first-order valence-corrected chi connectivity index (χ1v) is 10.7. The Labute approximate surface area is 185 Å². The van der Waals surface area contributed by atoms with Crippen molar-refractivity contribution in [2.75, 3.05) is 6.61 Å². The van der Waals surface area contributed by atoms with Gasteiger partial charge in [0.05, 0.1) is 18.3 Å². The number of aliphatic hydroxyl groups is 1. The van der Waals surface area contributed by atoms with Gasteiger partial charge in [0.1, 0.15) is 12.3 Å². The highest BCUT2D eigenvalue weighted by Gasteiger charge is 2.21. The molecule has 1 atom stereocenters. The van der Waals surface area contributed by atoms with Crippen LogP contribution in [-0.4, -0.2) is 33.0 Å². The smallest absolute Gasteiger partial charge is 0.270 e. The van der Waals surface area contributed by atoms with Crippen molar-refractivity contribution in [1.82, 2.24) is 14.7 Å². The maximum atomic E-state index is 12.9. The summed E-state index contributed by atoms with van der Waals surface area (Å²) >= 11 is 12.4. The van der Waals surface area contributed by atoms with E-state index in [2.05, 4.69) is 17.2 Å². The van der Waals surface area contributed by atoms with Gasteiger partial charge in [0, 0.05) is 21.8 Å². The number of nitrogens with zero attached hydrogens (tertiary/aromatic N) is 2. The quantitative estimate of drug-likeness (QED) is 0.491. The molecule has 0 bridgehead atoms. The Morgan fingerprint density at radius 2 is 2.00 bits per heavy atom. The summed E-state index contributed by atoms with van der Waals surface area (Å²) in [5, 5.41) is 13.5. The zero-order valence-corrected chi connectivity index (χ0v) is 18.5. The molecular weight excluding hydrogens is 425 g/mol. The number of hydrogen-bond acceptors (Lipinski definition) is 4. The summed E-state index contributed by atoms with van der Waals surface area (Å²) in [6, 6.07) is 8.57. The predicted molar refractivity (Wildman–Crippen MR) is 119 cm³/mol. The third-order valence-electron chi connectivity index (χ3n) is 4.90. The average molecular weight is 450 g/mol. The number of aliphatic hydroxyl groups excluding tert-OH is 1. The van der Waals surface area contributed by atoms with E-state index in [-0.39, 0.29) is 25.2 Å². The largest absolute Gasteiger partial charge is 0.485 e. The van der Waals surface area contributed by atoms with Crippen LogP contribution in [0.5, 0.6) is 5.75 Å². The number of unbranched alkanes of at least 4 members (excludes halogenated alkanes) is 1. The van der Waals surface area contributed by atoms with Gasteiger partial charge in [-0.05, 0) is 37.6 Å². The SMILES string of the molecule is CCCCC(CO)NC(=O)c1c(C)nc2c(OCc3c(Cl)cccc3Cl)cccn12. The summed E-state index contributed by atoms with van der Waals surface area (Å²) in [6.07, 6.45) is 4.42. The molecule has 2 heterocycles. The molecule has 8 heteroatoms. The average Bonchev–Trinajstić information content (AvgIpc) is 3.07. The molecule has 1 aromatic carbocycles. The Balaban J connectivity index is 1.85. The highest BCUT2D eigenvalue weighted by atomic mass is 35.5. The van der Waals surface area contributed by atoms with E-state index in [9.17, 15) is 9.90 Å². The summed E-state index contributed by atoms with van der Waals surface area (Å²) in [5.41, 5.74) is 2.20. The number of nitrogens with one attached hydrogen (secondary N) is 1. The molecule has 0 saturated heterocycles. The zero-order valence-electron chi connectivity index (χ0n) is 17.0. The molecule has 6 nitrogen and oxygen atoms in total. The molecule has 3 rings (SSSR count). The third kappa shape index (κ3) is 4.89. The number of fused-ring (bicyclic) bond motifs is 1. The van der Waals surface area contributed by atoms with Gasteiger partial charge < -0.3 is 15.2 Å². The lowest BCUT2D eigenvalue weighted by Crippen LogP contribution is -2.38. The van der Waals surface area contributed by atoms with Gasteiger partial charge in [-0.25, -0.2) is 4.98 Å². The molecule has 0 spiro atoms. The van der Waals surface area contributed by atoms with E-state index in [4.69, 9.17) is 27.9 Å². The second-order valence-corrected chi connectivity index (χ2v) is 7.91. The predicted octanol–water partition coefficient (Wildman–Crippen LogP) is 4.81. The zero-order chi connectivity index (χ0) is 21.7. The highest BCUT2D eigenvalue weighted by molar-refractivity contribution is 6.35. The lowest BCUT2D eigenvalue weighted by molar-refractivity contribution is 0.0905. The summed E-state index contributed by atoms with van der Waals surface area (Å²) < 4.78 is 7.64. The van der Waals surface area contributed by atoms with Gasteiger partial charge in [-0.1, -0.05) is 49.0 Å². The van der Waals surface area contributed by atoms with Gasteiger partial charge in [0.15, 0.2) is 11.4 Å². The summed E-state index contributed by atoms with van der Waals surface area (Å²) in [7, 11) is 0. The number of hydrogen-bond donors (Lipinski definition) is 2.